The molecule has 0 aromatic heterocycles. The maximum Gasteiger partial charge on any atom is 0.138 e. The molecule has 0 spiro atoms. The van der Waals surface area contributed by atoms with Gasteiger partial charge < -0.3 is 5.32 Å². The molecule has 1 aliphatic carbocycles. The Bertz CT molecular complexity index is 253. The number of rotatable bonds is 3. The topological polar surface area (TPSA) is 12.0 Å². The lowest BCUT2D eigenvalue weighted by Gasteiger charge is -2.37. The van der Waals surface area contributed by atoms with Crippen LogP contribution in [-0.4, -0.2) is 15.4 Å². The molecule has 3 heteroatoms. The van der Waals surface area contributed by atoms with Gasteiger partial charge in [0, 0.05) is 17.5 Å². The molecule has 0 fully saturated rings. The maximum absolute atomic E-state index is 6.16. The number of halogens is 2. The predicted molar refractivity (Wildman–Crippen MR) is 68.7 cm³/mol. The molecule has 1 rings (SSSR count). The third kappa shape index (κ3) is 3.97. The Hall–Kier alpha value is 0.280. The smallest absolute Gasteiger partial charge is 0.138 e. The van der Waals surface area contributed by atoms with Crippen molar-refractivity contribution in [2.75, 3.05) is 0 Å². The fraction of sp³-hybridized carbons (Fsp3) is 0.833. The van der Waals surface area contributed by atoms with Crippen LogP contribution in [0.25, 0.3) is 0 Å². The van der Waals surface area contributed by atoms with Crippen LogP contribution >= 0.6 is 23.2 Å². The molecular weight excluding hydrogens is 229 g/mol. The number of hydrogen-bond donors (Lipinski definition) is 1. The highest BCUT2D eigenvalue weighted by molar-refractivity contribution is 6.50. The van der Waals surface area contributed by atoms with Crippen molar-refractivity contribution in [3.63, 3.8) is 0 Å². The van der Waals surface area contributed by atoms with Crippen LogP contribution < -0.4 is 5.32 Å². The Labute approximate surface area is 103 Å². The molecule has 0 radical (unpaired) electrons. The van der Waals surface area contributed by atoms with Crippen LogP contribution in [-0.2, 0) is 0 Å². The van der Waals surface area contributed by atoms with E-state index < -0.39 is 4.33 Å². The SMILES string of the molecule is CCCC1(NC(C)(C)C)C=CC(Cl)(Cl)C1. The normalized spacial score (nSPS) is 29.7. The molecule has 0 heterocycles. The van der Waals surface area contributed by atoms with E-state index in [2.05, 4.69) is 39.1 Å². The summed E-state index contributed by atoms with van der Waals surface area (Å²) in [5, 5.41) is 3.63. The summed E-state index contributed by atoms with van der Waals surface area (Å²) in [6.07, 6.45) is 7.00. The molecule has 1 N–H and O–H groups in total. The predicted octanol–water partition coefficient (Wildman–Crippen LogP) is 4.05. The van der Waals surface area contributed by atoms with E-state index in [0.29, 0.717) is 0 Å². The lowest BCUT2D eigenvalue weighted by Crippen LogP contribution is -2.52. The van der Waals surface area contributed by atoms with Gasteiger partial charge in [-0.1, -0.05) is 48.7 Å². The Morgan fingerprint density at radius 2 is 1.87 bits per heavy atom. The van der Waals surface area contributed by atoms with E-state index in [0.717, 1.165) is 19.3 Å². The summed E-state index contributed by atoms with van der Waals surface area (Å²) in [6, 6.07) is 0. The van der Waals surface area contributed by atoms with Crippen molar-refractivity contribution >= 4 is 23.2 Å². The molecule has 1 unspecified atom stereocenters. The first-order valence-corrected chi connectivity index (χ1v) is 6.31. The molecule has 0 aromatic rings. The van der Waals surface area contributed by atoms with E-state index in [9.17, 15) is 0 Å². The summed E-state index contributed by atoms with van der Waals surface area (Å²) in [6.45, 7) is 8.69. The molecule has 0 aromatic carbocycles. The Morgan fingerprint density at radius 3 is 2.20 bits per heavy atom. The third-order valence-corrected chi connectivity index (χ3v) is 3.04. The lowest BCUT2D eigenvalue weighted by atomic mass is 9.89. The van der Waals surface area contributed by atoms with Crippen molar-refractivity contribution in [2.24, 2.45) is 0 Å². The molecule has 1 atom stereocenters. The molecule has 0 bridgehead atoms. The molecule has 0 saturated carbocycles. The minimum Gasteiger partial charge on any atom is -0.303 e. The molecule has 1 nitrogen and oxygen atoms in total. The second-order valence-electron chi connectivity index (χ2n) is 5.55. The van der Waals surface area contributed by atoms with Gasteiger partial charge in [0.1, 0.15) is 4.33 Å². The fourth-order valence-electron chi connectivity index (χ4n) is 2.33. The van der Waals surface area contributed by atoms with E-state index in [1.807, 2.05) is 6.08 Å². The first-order valence-electron chi connectivity index (χ1n) is 5.56. The average molecular weight is 250 g/mol. The summed E-state index contributed by atoms with van der Waals surface area (Å²) < 4.78 is -0.701. The van der Waals surface area contributed by atoms with E-state index >= 15 is 0 Å². The largest absolute Gasteiger partial charge is 0.303 e. The van der Waals surface area contributed by atoms with Crippen molar-refractivity contribution in [3.05, 3.63) is 12.2 Å². The monoisotopic (exact) mass is 249 g/mol. The van der Waals surface area contributed by atoms with Crippen molar-refractivity contribution in [3.8, 4) is 0 Å². The van der Waals surface area contributed by atoms with Gasteiger partial charge in [0.15, 0.2) is 0 Å². The number of allylic oxidation sites excluding steroid dienone is 1. The standard InChI is InChI=1S/C12H21Cl2N/c1-5-6-11(15-10(2,3)4)7-8-12(13,14)9-11/h7-8,15H,5-6,9H2,1-4H3. The average Bonchev–Trinajstić information content (AvgIpc) is 2.23. The highest BCUT2D eigenvalue weighted by Crippen LogP contribution is 2.42. The summed E-state index contributed by atoms with van der Waals surface area (Å²) in [4.78, 5) is 0. The van der Waals surface area contributed by atoms with Gasteiger partial charge in [0.05, 0.1) is 0 Å². The second-order valence-corrected chi connectivity index (χ2v) is 7.09. The van der Waals surface area contributed by atoms with Crippen LogP contribution in [0.4, 0.5) is 0 Å². The number of hydrogen-bond acceptors (Lipinski definition) is 1. The molecule has 88 valence electrons. The van der Waals surface area contributed by atoms with Crippen molar-refractivity contribution in [2.45, 2.75) is 62.4 Å². The van der Waals surface area contributed by atoms with Gasteiger partial charge in [0.25, 0.3) is 0 Å². The quantitative estimate of drug-likeness (QED) is 0.588. The van der Waals surface area contributed by atoms with E-state index in [-0.39, 0.29) is 11.1 Å². The Kier molecular flexibility index (Phi) is 3.80. The Balaban J connectivity index is 2.79. The fourth-order valence-corrected chi connectivity index (χ4v) is 2.94. The van der Waals surface area contributed by atoms with Crippen LogP contribution in [0, 0.1) is 0 Å². The zero-order valence-corrected chi connectivity index (χ0v) is 11.5. The summed E-state index contributed by atoms with van der Waals surface area (Å²) in [5.74, 6) is 0. The lowest BCUT2D eigenvalue weighted by molar-refractivity contribution is 0.270. The summed E-state index contributed by atoms with van der Waals surface area (Å²) in [7, 11) is 0. The van der Waals surface area contributed by atoms with Gasteiger partial charge in [0.2, 0.25) is 0 Å². The third-order valence-electron chi connectivity index (χ3n) is 2.52. The van der Waals surface area contributed by atoms with Gasteiger partial charge in [-0.3, -0.25) is 0 Å². The van der Waals surface area contributed by atoms with E-state index in [4.69, 9.17) is 23.2 Å². The molecule has 1 aliphatic rings. The maximum atomic E-state index is 6.16. The van der Waals surface area contributed by atoms with Gasteiger partial charge in [-0.2, -0.15) is 0 Å². The van der Waals surface area contributed by atoms with Crippen LogP contribution in [0.15, 0.2) is 12.2 Å². The van der Waals surface area contributed by atoms with Gasteiger partial charge in [-0.15, -0.1) is 0 Å². The zero-order chi connectivity index (χ0) is 11.7. The highest BCUT2D eigenvalue weighted by Gasteiger charge is 2.42. The molecule has 15 heavy (non-hydrogen) atoms. The van der Waals surface area contributed by atoms with Gasteiger partial charge in [-0.25, -0.2) is 0 Å². The van der Waals surface area contributed by atoms with Crippen molar-refractivity contribution in [1.29, 1.82) is 0 Å². The van der Waals surface area contributed by atoms with Gasteiger partial charge >= 0.3 is 0 Å². The molecular formula is C12H21Cl2N. The summed E-state index contributed by atoms with van der Waals surface area (Å²) >= 11 is 12.3. The zero-order valence-electron chi connectivity index (χ0n) is 10.0. The van der Waals surface area contributed by atoms with Crippen LogP contribution in [0.2, 0.25) is 0 Å². The summed E-state index contributed by atoms with van der Waals surface area (Å²) in [5.41, 5.74) is 0.0458. The number of nitrogens with one attached hydrogen (secondary N) is 1. The van der Waals surface area contributed by atoms with Crippen molar-refractivity contribution in [1.82, 2.24) is 5.32 Å². The van der Waals surface area contributed by atoms with Crippen LogP contribution in [0.5, 0.6) is 0 Å². The first-order chi connectivity index (χ1) is 6.68. The van der Waals surface area contributed by atoms with Gasteiger partial charge in [-0.05, 0) is 27.2 Å². The minimum absolute atomic E-state index is 0.0312. The molecule has 0 aliphatic heterocycles. The molecule has 0 amide bonds. The first kappa shape index (κ1) is 13.3. The highest BCUT2D eigenvalue weighted by atomic mass is 35.5. The second kappa shape index (κ2) is 4.27. The van der Waals surface area contributed by atoms with Crippen molar-refractivity contribution < 1.29 is 0 Å². The minimum atomic E-state index is -0.701. The van der Waals surface area contributed by atoms with Crippen LogP contribution in [0.1, 0.15) is 47.0 Å². The number of alkyl halides is 2. The molecule has 0 saturated heterocycles. The van der Waals surface area contributed by atoms with Crippen LogP contribution in [0.3, 0.4) is 0 Å². The van der Waals surface area contributed by atoms with E-state index in [1.165, 1.54) is 0 Å². The Morgan fingerprint density at radius 1 is 1.27 bits per heavy atom. The van der Waals surface area contributed by atoms with E-state index in [1.54, 1.807) is 0 Å².